The van der Waals surface area contributed by atoms with E-state index in [1.54, 1.807) is 17.0 Å². The van der Waals surface area contributed by atoms with Crippen LogP contribution in [0.1, 0.15) is 0 Å². The van der Waals surface area contributed by atoms with Gasteiger partial charge in [-0.05, 0) is 0 Å². The van der Waals surface area contributed by atoms with Crippen molar-refractivity contribution < 1.29 is 0 Å². The van der Waals surface area contributed by atoms with Crippen LogP contribution >= 0.6 is 22.5 Å². The highest BCUT2D eigenvalue weighted by Gasteiger charge is 1.85. The molecule has 0 atom stereocenters. The maximum Gasteiger partial charge on any atom is 0.0946 e. The molecule has 9 heavy (non-hydrogen) atoms. The summed E-state index contributed by atoms with van der Waals surface area (Å²) < 4.78 is 2.03. The predicted molar refractivity (Wildman–Crippen MR) is 43.7 cm³/mol. The monoisotopic (exact) mass is 160 g/mol. The van der Waals surface area contributed by atoms with Gasteiger partial charge in [-0.2, -0.15) is 0 Å². The largest absolute Gasteiger partial charge is 0.337 e. The number of rotatable bonds is 3. The fourth-order valence-electron chi connectivity index (χ4n) is 0.565. The topological polar surface area (TPSA) is 17.8 Å². The van der Waals surface area contributed by atoms with Crippen molar-refractivity contribution >= 4 is 22.5 Å². The van der Waals surface area contributed by atoms with Crippen molar-refractivity contribution in [3.63, 3.8) is 0 Å². The third kappa shape index (κ3) is 2.32. The molecular formula is C5H8N2S2. The molecule has 0 aliphatic carbocycles. The molecule has 0 fully saturated rings. The van der Waals surface area contributed by atoms with Crippen LogP contribution in [0.2, 0.25) is 0 Å². The summed E-state index contributed by atoms with van der Waals surface area (Å²) in [4.78, 5) is 3.90. The molecule has 1 heterocycles. The van der Waals surface area contributed by atoms with Gasteiger partial charge >= 0.3 is 0 Å². The van der Waals surface area contributed by atoms with Gasteiger partial charge in [0, 0.05) is 24.7 Å². The number of hydrogen-bond acceptors (Lipinski definition) is 3. The molecule has 0 aromatic carbocycles. The lowest BCUT2D eigenvalue weighted by Gasteiger charge is -1.95. The molecule has 0 saturated carbocycles. The molecule has 0 N–H and O–H groups in total. The van der Waals surface area contributed by atoms with E-state index in [4.69, 9.17) is 0 Å². The maximum absolute atomic E-state index is 4.01. The number of aromatic nitrogens is 2. The van der Waals surface area contributed by atoms with Gasteiger partial charge in [0.15, 0.2) is 0 Å². The zero-order valence-electron chi connectivity index (χ0n) is 4.90. The van der Waals surface area contributed by atoms with Crippen molar-refractivity contribution in [3.8, 4) is 0 Å². The zero-order chi connectivity index (χ0) is 6.53. The van der Waals surface area contributed by atoms with Crippen LogP contribution in [0.15, 0.2) is 18.7 Å². The van der Waals surface area contributed by atoms with Crippen molar-refractivity contribution in [1.82, 2.24) is 9.55 Å². The Bertz CT molecular complexity index is 150. The van der Waals surface area contributed by atoms with E-state index >= 15 is 0 Å². The highest BCUT2D eigenvalue weighted by molar-refractivity contribution is 8.68. The normalized spacial score (nSPS) is 9.89. The summed E-state index contributed by atoms with van der Waals surface area (Å²) in [5.74, 6) is 1.03. The molecule has 0 unspecified atom stereocenters. The minimum absolute atomic E-state index is 0.994. The average Bonchev–Trinajstić information content (AvgIpc) is 2.34. The van der Waals surface area contributed by atoms with E-state index in [-0.39, 0.29) is 0 Å². The fraction of sp³-hybridized carbons (Fsp3) is 0.400. The van der Waals surface area contributed by atoms with Gasteiger partial charge in [-0.25, -0.2) is 4.98 Å². The molecular weight excluding hydrogens is 152 g/mol. The second-order valence-corrected chi connectivity index (χ2v) is 3.07. The van der Waals surface area contributed by atoms with Crippen LogP contribution < -0.4 is 0 Å². The van der Waals surface area contributed by atoms with Crippen molar-refractivity contribution in [2.75, 3.05) is 5.75 Å². The van der Waals surface area contributed by atoms with Gasteiger partial charge in [-0.1, -0.05) is 10.8 Å². The highest BCUT2D eigenvalue weighted by Crippen LogP contribution is 2.04. The van der Waals surface area contributed by atoms with Gasteiger partial charge in [-0.3, -0.25) is 0 Å². The molecule has 0 amide bonds. The first-order valence-electron chi connectivity index (χ1n) is 2.65. The number of hydrogen-bond donors (Lipinski definition) is 1. The third-order valence-electron chi connectivity index (χ3n) is 1.000. The summed E-state index contributed by atoms with van der Waals surface area (Å²) in [6, 6.07) is 0. The summed E-state index contributed by atoms with van der Waals surface area (Å²) in [5, 5.41) is 0. The molecule has 0 aliphatic rings. The molecule has 1 rings (SSSR count). The quantitative estimate of drug-likeness (QED) is 0.533. The van der Waals surface area contributed by atoms with Crippen LogP contribution in [0.3, 0.4) is 0 Å². The zero-order valence-corrected chi connectivity index (χ0v) is 6.61. The van der Waals surface area contributed by atoms with Crippen molar-refractivity contribution in [1.29, 1.82) is 0 Å². The van der Waals surface area contributed by atoms with Crippen LogP contribution in [0, 0.1) is 0 Å². The Morgan fingerprint density at radius 2 is 2.56 bits per heavy atom. The Kier molecular flexibility index (Phi) is 3.00. The van der Waals surface area contributed by atoms with Crippen LogP contribution in [-0.4, -0.2) is 15.3 Å². The van der Waals surface area contributed by atoms with E-state index in [0.717, 1.165) is 12.3 Å². The first kappa shape index (κ1) is 7.02. The molecule has 0 radical (unpaired) electrons. The van der Waals surface area contributed by atoms with Crippen molar-refractivity contribution in [2.45, 2.75) is 6.54 Å². The summed E-state index contributed by atoms with van der Waals surface area (Å²) in [6.07, 6.45) is 5.54. The standard InChI is InChI=1S/C5H8N2S2/c8-9-4-3-7-2-1-6-5-7/h1-2,5,8H,3-4H2. The molecule has 0 aliphatic heterocycles. The smallest absolute Gasteiger partial charge is 0.0946 e. The van der Waals surface area contributed by atoms with Gasteiger partial charge < -0.3 is 4.57 Å². The van der Waals surface area contributed by atoms with E-state index in [2.05, 4.69) is 16.6 Å². The number of nitrogens with zero attached hydrogens (tertiary/aromatic N) is 2. The summed E-state index contributed by atoms with van der Waals surface area (Å²) in [6.45, 7) is 0.994. The number of imidazole rings is 1. The Morgan fingerprint density at radius 1 is 1.67 bits per heavy atom. The Balaban J connectivity index is 2.30. The van der Waals surface area contributed by atoms with Gasteiger partial charge in [0.2, 0.25) is 0 Å². The maximum atomic E-state index is 4.01. The first-order chi connectivity index (χ1) is 4.43. The van der Waals surface area contributed by atoms with E-state index < -0.39 is 0 Å². The minimum atomic E-state index is 0.994. The average molecular weight is 160 g/mol. The Morgan fingerprint density at radius 3 is 3.11 bits per heavy atom. The minimum Gasteiger partial charge on any atom is -0.337 e. The molecule has 50 valence electrons. The summed E-state index contributed by atoms with van der Waals surface area (Å²) in [7, 11) is 1.55. The van der Waals surface area contributed by atoms with Gasteiger partial charge in [-0.15, -0.1) is 11.7 Å². The van der Waals surface area contributed by atoms with Gasteiger partial charge in [0.1, 0.15) is 0 Å². The molecule has 1 aromatic rings. The second-order valence-electron chi connectivity index (χ2n) is 1.63. The van der Waals surface area contributed by atoms with E-state index in [1.165, 1.54) is 0 Å². The lowest BCUT2D eigenvalue weighted by molar-refractivity contribution is 0.772. The number of thiol groups is 1. The Labute approximate surface area is 63.5 Å². The SMILES string of the molecule is SSCCn1ccnc1. The lowest BCUT2D eigenvalue weighted by atomic mass is 10.7. The van der Waals surface area contributed by atoms with Crippen LogP contribution in [0.5, 0.6) is 0 Å². The van der Waals surface area contributed by atoms with E-state index in [9.17, 15) is 0 Å². The predicted octanol–water partition coefficient (Wildman–Crippen LogP) is 1.46. The van der Waals surface area contributed by atoms with Gasteiger partial charge in [0.05, 0.1) is 6.33 Å². The van der Waals surface area contributed by atoms with Crippen LogP contribution in [-0.2, 0) is 6.54 Å². The second kappa shape index (κ2) is 3.85. The molecule has 0 bridgehead atoms. The molecule has 2 nitrogen and oxygen atoms in total. The molecule has 1 aromatic heterocycles. The fourth-order valence-corrected chi connectivity index (χ4v) is 1.10. The highest BCUT2D eigenvalue weighted by atomic mass is 33.1. The van der Waals surface area contributed by atoms with Gasteiger partial charge in [0.25, 0.3) is 0 Å². The van der Waals surface area contributed by atoms with Crippen LogP contribution in [0.25, 0.3) is 0 Å². The Hall–Kier alpha value is -0.0900. The molecule has 0 saturated heterocycles. The van der Waals surface area contributed by atoms with Crippen molar-refractivity contribution in [2.24, 2.45) is 0 Å². The third-order valence-corrected chi connectivity index (χ3v) is 1.91. The summed E-state index contributed by atoms with van der Waals surface area (Å²) in [5.41, 5.74) is 0. The first-order valence-corrected chi connectivity index (χ1v) is 4.69. The number of aryl methyl sites for hydroxylation is 1. The lowest BCUT2D eigenvalue weighted by Crippen LogP contribution is -1.94. The van der Waals surface area contributed by atoms with E-state index in [0.29, 0.717) is 0 Å². The molecule has 4 heteroatoms. The van der Waals surface area contributed by atoms with Crippen LogP contribution in [0.4, 0.5) is 0 Å². The van der Waals surface area contributed by atoms with E-state index in [1.807, 2.05) is 17.1 Å². The summed E-state index contributed by atoms with van der Waals surface area (Å²) >= 11 is 4.01. The van der Waals surface area contributed by atoms with Crippen molar-refractivity contribution in [3.05, 3.63) is 18.7 Å². The molecule has 0 spiro atoms.